The molecule has 1 aromatic heterocycles. The molecule has 0 aromatic carbocycles. The Hall–Kier alpha value is -1.98. The summed E-state index contributed by atoms with van der Waals surface area (Å²) in [6.07, 6.45) is 5.27. The largest absolute Gasteiger partial charge is 0.444 e. The predicted octanol–water partition coefficient (Wildman–Crippen LogP) is 2.91. The first kappa shape index (κ1) is 16.4. The monoisotopic (exact) mass is 306 g/mol. The van der Waals surface area contributed by atoms with Crippen molar-refractivity contribution in [2.24, 2.45) is 0 Å². The molecule has 1 amide bonds. The van der Waals surface area contributed by atoms with E-state index in [4.69, 9.17) is 10.5 Å². The molecule has 22 heavy (non-hydrogen) atoms. The van der Waals surface area contributed by atoms with E-state index in [1.807, 2.05) is 32.9 Å². The molecule has 122 valence electrons. The molecule has 4 N–H and O–H groups in total. The molecule has 0 bridgehead atoms. The number of carbonyl (C=O) groups excluding carboxylic acids is 1. The van der Waals surface area contributed by atoms with Gasteiger partial charge < -0.3 is 21.1 Å². The molecule has 0 aliphatic heterocycles. The van der Waals surface area contributed by atoms with Crippen LogP contribution in [0.3, 0.4) is 0 Å². The van der Waals surface area contributed by atoms with Crippen LogP contribution in [0.4, 0.5) is 16.3 Å². The molecule has 1 aliphatic carbocycles. The van der Waals surface area contributed by atoms with Crippen molar-refractivity contribution in [3.8, 4) is 0 Å². The fraction of sp³-hybridized carbons (Fsp3) is 0.625. The van der Waals surface area contributed by atoms with Crippen LogP contribution in [0.25, 0.3) is 0 Å². The van der Waals surface area contributed by atoms with Gasteiger partial charge in [0.2, 0.25) is 0 Å². The average molecular weight is 306 g/mol. The summed E-state index contributed by atoms with van der Waals surface area (Å²) in [5.74, 6) is 0.713. The number of hydrogen-bond donors (Lipinski definition) is 3. The van der Waals surface area contributed by atoms with Gasteiger partial charge in [-0.3, -0.25) is 0 Å². The number of amides is 1. The number of alkyl carbamates (subject to hydrolysis) is 1. The summed E-state index contributed by atoms with van der Waals surface area (Å²) in [5, 5.41) is 6.33. The number of aromatic nitrogens is 1. The zero-order valence-electron chi connectivity index (χ0n) is 13.6. The third kappa shape index (κ3) is 5.09. The van der Waals surface area contributed by atoms with Crippen LogP contribution in [-0.2, 0) is 4.74 Å². The highest BCUT2D eigenvalue weighted by atomic mass is 16.6. The van der Waals surface area contributed by atoms with Crippen molar-refractivity contribution in [2.75, 3.05) is 11.1 Å². The van der Waals surface area contributed by atoms with Crippen molar-refractivity contribution >= 4 is 17.6 Å². The first-order valence-corrected chi connectivity index (χ1v) is 7.80. The Balaban J connectivity index is 1.87. The molecule has 0 saturated heterocycles. The number of nitrogens with two attached hydrogens (primary N) is 1. The number of pyridine rings is 1. The highest BCUT2D eigenvalue weighted by molar-refractivity contribution is 5.68. The van der Waals surface area contributed by atoms with Gasteiger partial charge in [-0.05, 0) is 58.6 Å². The maximum Gasteiger partial charge on any atom is 0.407 e. The smallest absolute Gasteiger partial charge is 0.407 e. The number of nitrogens with zero attached hydrogens (tertiary/aromatic N) is 1. The maximum absolute atomic E-state index is 11.9. The molecule has 6 nitrogen and oxygen atoms in total. The van der Waals surface area contributed by atoms with Gasteiger partial charge in [-0.25, -0.2) is 9.78 Å². The number of hydrogen-bond acceptors (Lipinski definition) is 5. The van der Waals surface area contributed by atoms with Crippen molar-refractivity contribution in [1.29, 1.82) is 0 Å². The highest BCUT2D eigenvalue weighted by Crippen LogP contribution is 2.24. The number of ether oxygens (including phenoxy) is 1. The van der Waals surface area contributed by atoms with Gasteiger partial charge in [0.25, 0.3) is 0 Å². The minimum absolute atomic E-state index is 0.117. The molecule has 1 saturated carbocycles. The molecule has 0 spiro atoms. The molecular formula is C16H26N4O2. The minimum Gasteiger partial charge on any atom is -0.444 e. The standard InChI is InChI=1S/C16H26N4O2/c1-16(2,3)22-15(21)20-12-7-4-6-11(10-12)19-14-13(17)8-5-9-18-14/h5,8-9,11-12H,4,6-7,10,17H2,1-3H3,(H,18,19)(H,20,21)/t11-,12+/m0/s1. The van der Waals surface area contributed by atoms with Gasteiger partial charge >= 0.3 is 6.09 Å². The van der Waals surface area contributed by atoms with Crippen LogP contribution in [0, 0.1) is 0 Å². The molecule has 0 radical (unpaired) electrons. The summed E-state index contributed by atoms with van der Waals surface area (Å²) in [5.41, 5.74) is 6.08. The van der Waals surface area contributed by atoms with Crippen molar-refractivity contribution < 1.29 is 9.53 Å². The van der Waals surface area contributed by atoms with E-state index in [1.165, 1.54) is 0 Å². The second kappa shape index (κ2) is 6.85. The third-order valence-electron chi connectivity index (χ3n) is 3.57. The summed E-state index contributed by atoms with van der Waals surface area (Å²) in [6, 6.07) is 4.01. The van der Waals surface area contributed by atoms with Gasteiger partial charge in [-0.2, -0.15) is 0 Å². The predicted molar refractivity (Wildman–Crippen MR) is 87.7 cm³/mol. The lowest BCUT2D eigenvalue weighted by Crippen LogP contribution is -2.44. The van der Waals surface area contributed by atoms with E-state index >= 15 is 0 Å². The van der Waals surface area contributed by atoms with Crippen LogP contribution in [0.1, 0.15) is 46.5 Å². The lowest BCUT2D eigenvalue weighted by molar-refractivity contribution is 0.0492. The van der Waals surface area contributed by atoms with E-state index < -0.39 is 5.60 Å². The summed E-state index contributed by atoms with van der Waals surface area (Å²) >= 11 is 0. The first-order valence-electron chi connectivity index (χ1n) is 7.80. The molecule has 6 heteroatoms. The summed E-state index contributed by atoms with van der Waals surface area (Å²) in [4.78, 5) is 16.1. The normalized spacial score (nSPS) is 22.0. The zero-order valence-corrected chi connectivity index (χ0v) is 13.6. The van der Waals surface area contributed by atoms with Gasteiger partial charge in [-0.15, -0.1) is 0 Å². The van der Waals surface area contributed by atoms with Gasteiger partial charge in [0.15, 0.2) is 0 Å². The van der Waals surface area contributed by atoms with Gasteiger partial charge in [0.1, 0.15) is 11.4 Å². The maximum atomic E-state index is 11.9. The number of anilines is 2. The minimum atomic E-state index is -0.473. The Morgan fingerprint density at radius 3 is 2.77 bits per heavy atom. The lowest BCUT2D eigenvalue weighted by Gasteiger charge is -2.31. The molecule has 1 aromatic rings. The van der Waals surface area contributed by atoms with Crippen molar-refractivity contribution in [3.05, 3.63) is 18.3 Å². The van der Waals surface area contributed by atoms with Crippen molar-refractivity contribution in [2.45, 2.75) is 64.1 Å². The van der Waals surface area contributed by atoms with Crippen LogP contribution >= 0.6 is 0 Å². The highest BCUT2D eigenvalue weighted by Gasteiger charge is 2.25. The fourth-order valence-corrected chi connectivity index (χ4v) is 2.66. The van der Waals surface area contributed by atoms with Crippen LogP contribution in [-0.4, -0.2) is 28.8 Å². The van der Waals surface area contributed by atoms with Crippen molar-refractivity contribution in [1.82, 2.24) is 10.3 Å². The summed E-state index contributed by atoms with van der Waals surface area (Å²) < 4.78 is 5.31. The Labute approximate surface area is 131 Å². The lowest BCUT2D eigenvalue weighted by atomic mass is 9.91. The first-order chi connectivity index (χ1) is 10.3. The Morgan fingerprint density at radius 1 is 1.36 bits per heavy atom. The number of carbonyl (C=O) groups is 1. The molecule has 1 aliphatic rings. The van der Waals surface area contributed by atoms with Gasteiger partial charge in [-0.1, -0.05) is 0 Å². The number of nitrogens with one attached hydrogen (secondary N) is 2. The molecular weight excluding hydrogens is 280 g/mol. The molecule has 1 heterocycles. The van der Waals surface area contributed by atoms with E-state index in [-0.39, 0.29) is 18.2 Å². The summed E-state index contributed by atoms with van der Waals surface area (Å²) in [6.45, 7) is 5.59. The van der Waals surface area contributed by atoms with Gasteiger partial charge in [0.05, 0.1) is 5.69 Å². The molecule has 1 fully saturated rings. The number of rotatable bonds is 3. The fourth-order valence-electron chi connectivity index (χ4n) is 2.66. The van der Waals surface area contributed by atoms with E-state index in [2.05, 4.69) is 15.6 Å². The van der Waals surface area contributed by atoms with Crippen molar-refractivity contribution in [3.63, 3.8) is 0 Å². The number of nitrogen functional groups attached to an aromatic ring is 1. The van der Waals surface area contributed by atoms with E-state index in [0.717, 1.165) is 25.7 Å². The van der Waals surface area contributed by atoms with Gasteiger partial charge in [0, 0.05) is 18.3 Å². The molecule has 0 unspecified atom stereocenters. The Kier molecular flexibility index (Phi) is 5.11. The van der Waals surface area contributed by atoms with E-state index in [1.54, 1.807) is 6.20 Å². The Morgan fingerprint density at radius 2 is 2.09 bits per heavy atom. The van der Waals surface area contributed by atoms with E-state index in [9.17, 15) is 4.79 Å². The quantitative estimate of drug-likeness (QED) is 0.799. The topological polar surface area (TPSA) is 89.3 Å². The molecule has 2 rings (SSSR count). The molecule has 2 atom stereocenters. The van der Waals surface area contributed by atoms with Crippen LogP contribution in [0.5, 0.6) is 0 Å². The van der Waals surface area contributed by atoms with Crippen LogP contribution < -0.4 is 16.4 Å². The zero-order chi connectivity index (χ0) is 16.2. The summed E-state index contributed by atoms with van der Waals surface area (Å²) in [7, 11) is 0. The third-order valence-corrected chi connectivity index (χ3v) is 3.57. The Bertz CT molecular complexity index is 513. The SMILES string of the molecule is CC(C)(C)OC(=O)N[C@@H]1CCC[C@H](Nc2ncccc2N)C1. The average Bonchev–Trinajstić information content (AvgIpc) is 2.39. The second-order valence-corrected chi connectivity index (χ2v) is 6.79. The second-order valence-electron chi connectivity index (χ2n) is 6.79. The van der Waals surface area contributed by atoms with Crippen LogP contribution in [0.2, 0.25) is 0 Å². The van der Waals surface area contributed by atoms with Crippen LogP contribution in [0.15, 0.2) is 18.3 Å². The van der Waals surface area contributed by atoms with E-state index in [0.29, 0.717) is 11.5 Å².